The van der Waals surface area contributed by atoms with Crippen LogP contribution in [-0.4, -0.2) is 16.1 Å². The molecule has 0 aliphatic carbocycles. The van der Waals surface area contributed by atoms with Gasteiger partial charge in [0.15, 0.2) is 0 Å². The summed E-state index contributed by atoms with van der Waals surface area (Å²) in [5, 5.41) is 5.59. The van der Waals surface area contributed by atoms with Crippen molar-refractivity contribution in [1.29, 1.82) is 0 Å². The number of nitrogens with zero attached hydrogens (tertiary/aromatic N) is 2. The molecule has 5 aromatic carbocycles. The molecular formula is C40H27N3O2. The Hall–Kier alpha value is -6.07. The van der Waals surface area contributed by atoms with E-state index in [1.165, 1.54) is 5.39 Å². The SMILES string of the molecule is C1=CC(c2ccc3c(c2)Oc2ccccc2-c2ccccc2Oc2cc(-n4c5ccccc5c5ccncc54)ccc2-3)=CCN1. The predicted molar refractivity (Wildman–Crippen MR) is 181 cm³/mol. The van der Waals surface area contributed by atoms with Crippen LogP contribution in [0.15, 0.2) is 146 Å². The van der Waals surface area contributed by atoms with E-state index in [0.717, 1.165) is 85.0 Å². The summed E-state index contributed by atoms with van der Waals surface area (Å²) in [6, 6.07) is 39.7. The summed E-state index contributed by atoms with van der Waals surface area (Å²) in [5.74, 6) is 3.05. The Morgan fingerprint density at radius 2 is 1.27 bits per heavy atom. The molecule has 0 saturated heterocycles. The topological polar surface area (TPSA) is 48.3 Å². The van der Waals surface area contributed by atoms with Crippen molar-refractivity contribution in [3.05, 3.63) is 152 Å². The molecule has 0 saturated carbocycles. The van der Waals surface area contributed by atoms with E-state index in [2.05, 4.69) is 106 Å². The summed E-state index contributed by atoms with van der Waals surface area (Å²) in [5.41, 5.74) is 9.25. The third kappa shape index (κ3) is 4.20. The van der Waals surface area contributed by atoms with Gasteiger partial charge in [-0.15, -0.1) is 0 Å². The molecule has 214 valence electrons. The predicted octanol–water partition coefficient (Wildman–Crippen LogP) is 9.91. The maximum absolute atomic E-state index is 6.93. The van der Waals surface area contributed by atoms with Crippen molar-refractivity contribution in [2.75, 3.05) is 6.54 Å². The number of para-hydroxylation sites is 3. The number of pyridine rings is 1. The van der Waals surface area contributed by atoms with Crippen molar-refractivity contribution in [3.63, 3.8) is 0 Å². The molecule has 0 radical (unpaired) electrons. The van der Waals surface area contributed by atoms with Crippen LogP contribution in [0.25, 0.3) is 55.3 Å². The standard InChI is InChI=1S/C40H27N3O2/c1-4-10-35-29(7-1)30-19-22-42-25-36(30)43(35)28-14-16-34-33-15-13-27(26-17-20-41-21-18-26)23-39(33)44-37-11-5-2-8-31(37)32-9-3-6-12-38(32)45-40(34)24-28/h1-20,22-25,41H,21H2. The van der Waals surface area contributed by atoms with Crippen LogP contribution in [-0.2, 0) is 0 Å². The quantitative estimate of drug-likeness (QED) is 0.221. The molecule has 4 heterocycles. The third-order valence-corrected chi connectivity index (χ3v) is 8.63. The van der Waals surface area contributed by atoms with Crippen LogP contribution >= 0.6 is 0 Å². The van der Waals surface area contributed by atoms with E-state index >= 15 is 0 Å². The number of benzene rings is 5. The number of hydrogen-bond donors (Lipinski definition) is 1. The molecule has 2 aliphatic heterocycles. The summed E-state index contributed by atoms with van der Waals surface area (Å²) in [6.07, 6.45) is 10.1. The first kappa shape index (κ1) is 25.4. The molecule has 0 spiro atoms. The van der Waals surface area contributed by atoms with Crippen molar-refractivity contribution < 1.29 is 9.47 Å². The monoisotopic (exact) mass is 581 g/mol. The first-order valence-corrected chi connectivity index (χ1v) is 15.1. The number of hydrogen-bond acceptors (Lipinski definition) is 4. The summed E-state index contributed by atoms with van der Waals surface area (Å²) < 4.78 is 16.0. The molecule has 0 amide bonds. The van der Waals surface area contributed by atoms with Crippen LogP contribution in [0.3, 0.4) is 0 Å². The van der Waals surface area contributed by atoms with Crippen molar-refractivity contribution in [1.82, 2.24) is 14.9 Å². The lowest BCUT2D eigenvalue weighted by Crippen LogP contribution is -2.08. The Balaban J connectivity index is 1.30. The van der Waals surface area contributed by atoms with Crippen LogP contribution in [0.5, 0.6) is 23.0 Å². The lowest BCUT2D eigenvalue weighted by molar-refractivity contribution is 0.472. The molecule has 45 heavy (non-hydrogen) atoms. The van der Waals surface area contributed by atoms with E-state index in [-0.39, 0.29) is 0 Å². The Morgan fingerprint density at radius 1 is 0.600 bits per heavy atom. The minimum atomic E-state index is 0.743. The molecule has 0 unspecified atom stereocenters. The number of nitrogens with one attached hydrogen (secondary N) is 1. The molecule has 0 bridgehead atoms. The van der Waals surface area contributed by atoms with Crippen molar-refractivity contribution in [2.24, 2.45) is 0 Å². The van der Waals surface area contributed by atoms with Crippen molar-refractivity contribution >= 4 is 27.4 Å². The van der Waals surface area contributed by atoms with Crippen LogP contribution in [0, 0.1) is 0 Å². The van der Waals surface area contributed by atoms with Gasteiger partial charge in [-0.3, -0.25) is 4.98 Å². The fraction of sp³-hybridized carbons (Fsp3) is 0.0250. The summed E-state index contributed by atoms with van der Waals surface area (Å²) in [7, 11) is 0. The average Bonchev–Trinajstić information content (AvgIpc) is 3.44. The summed E-state index contributed by atoms with van der Waals surface area (Å²) >= 11 is 0. The van der Waals surface area contributed by atoms with E-state index in [1.807, 2.05) is 55.0 Å². The summed E-state index contributed by atoms with van der Waals surface area (Å²) in [4.78, 5) is 4.48. The number of rotatable bonds is 2. The van der Waals surface area contributed by atoms with Gasteiger partial charge < -0.3 is 19.4 Å². The van der Waals surface area contributed by atoms with Gasteiger partial charge in [-0.25, -0.2) is 0 Å². The van der Waals surface area contributed by atoms with Crippen molar-refractivity contribution in [2.45, 2.75) is 0 Å². The Bertz CT molecular complexity index is 2290. The number of aromatic nitrogens is 2. The molecular weight excluding hydrogens is 554 g/mol. The zero-order valence-corrected chi connectivity index (χ0v) is 24.3. The molecule has 2 aliphatic rings. The summed E-state index contributed by atoms with van der Waals surface area (Å²) in [6.45, 7) is 0.793. The van der Waals surface area contributed by atoms with Crippen LogP contribution in [0.4, 0.5) is 0 Å². The van der Waals surface area contributed by atoms with E-state index in [1.54, 1.807) is 0 Å². The molecule has 5 nitrogen and oxygen atoms in total. The second-order valence-corrected chi connectivity index (χ2v) is 11.2. The zero-order valence-electron chi connectivity index (χ0n) is 24.3. The first-order chi connectivity index (χ1) is 22.3. The van der Waals surface area contributed by atoms with Gasteiger partial charge in [0.05, 0.1) is 17.2 Å². The largest absolute Gasteiger partial charge is 0.456 e. The number of allylic oxidation sites excluding steroid dienone is 2. The Morgan fingerprint density at radius 3 is 2.04 bits per heavy atom. The lowest BCUT2D eigenvalue weighted by Gasteiger charge is -2.22. The van der Waals surface area contributed by atoms with E-state index < -0.39 is 0 Å². The molecule has 1 N–H and O–H groups in total. The average molecular weight is 582 g/mol. The maximum Gasteiger partial charge on any atom is 0.137 e. The van der Waals surface area contributed by atoms with Gasteiger partial charge in [0.2, 0.25) is 0 Å². The number of fused-ring (bicyclic) bond motifs is 9. The lowest BCUT2D eigenvalue weighted by atomic mass is 9.96. The third-order valence-electron chi connectivity index (χ3n) is 8.63. The second-order valence-electron chi connectivity index (χ2n) is 11.2. The normalized spacial score (nSPS) is 13.4. The van der Waals surface area contributed by atoms with Gasteiger partial charge in [0.25, 0.3) is 0 Å². The van der Waals surface area contributed by atoms with Crippen LogP contribution in [0.2, 0.25) is 0 Å². The number of ether oxygens (including phenoxy) is 2. The maximum atomic E-state index is 6.93. The molecule has 0 fully saturated rings. The highest BCUT2D eigenvalue weighted by molar-refractivity contribution is 6.09. The van der Waals surface area contributed by atoms with Gasteiger partial charge >= 0.3 is 0 Å². The Kier molecular flexibility index (Phi) is 5.81. The van der Waals surface area contributed by atoms with E-state index in [0.29, 0.717) is 0 Å². The van der Waals surface area contributed by atoms with Crippen LogP contribution < -0.4 is 14.8 Å². The second kappa shape index (κ2) is 10.3. The van der Waals surface area contributed by atoms with E-state index in [9.17, 15) is 0 Å². The van der Waals surface area contributed by atoms with Gasteiger partial charge in [-0.2, -0.15) is 0 Å². The van der Waals surface area contributed by atoms with Gasteiger partial charge in [-0.05, 0) is 71.9 Å². The van der Waals surface area contributed by atoms with Gasteiger partial charge in [0, 0.05) is 57.5 Å². The smallest absolute Gasteiger partial charge is 0.137 e. The molecule has 5 heteroatoms. The fourth-order valence-electron chi connectivity index (χ4n) is 6.52. The highest BCUT2D eigenvalue weighted by Gasteiger charge is 2.22. The molecule has 2 aromatic heterocycles. The van der Waals surface area contributed by atoms with Crippen LogP contribution in [0.1, 0.15) is 5.56 Å². The molecule has 7 aromatic rings. The number of dihydropyridines is 1. The first-order valence-electron chi connectivity index (χ1n) is 15.1. The highest BCUT2D eigenvalue weighted by atomic mass is 16.5. The minimum absolute atomic E-state index is 0.743. The van der Waals surface area contributed by atoms with Crippen molar-refractivity contribution in [3.8, 4) is 50.9 Å². The van der Waals surface area contributed by atoms with E-state index in [4.69, 9.17) is 9.47 Å². The minimum Gasteiger partial charge on any atom is -0.456 e. The highest BCUT2D eigenvalue weighted by Crippen LogP contribution is 2.48. The fourth-order valence-corrected chi connectivity index (χ4v) is 6.52. The van der Waals surface area contributed by atoms with Gasteiger partial charge in [-0.1, -0.05) is 66.7 Å². The zero-order chi connectivity index (χ0) is 29.7. The molecule has 0 atom stereocenters. The Labute approximate surface area is 260 Å². The molecule has 9 rings (SSSR count). The van der Waals surface area contributed by atoms with Gasteiger partial charge in [0.1, 0.15) is 23.0 Å².